The second-order valence-corrected chi connectivity index (χ2v) is 5.13. The zero-order valence-electron chi connectivity index (χ0n) is 9.12. The van der Waals surface area contributed by atoms with Gasteiger partial charge in [-0.15, -0.1) is 0 Å². The molecule has 0 saturated heterocycles. The molecule has 1 N–H and O–H groups in total. The molecule has 1 fully saturated rings. The van der Waals surface area contributed by atoms with Crippen LogP contribution in [-0.4, -0.2) is 16.6 Å². The lowest BCUT2D eigenvalue weighted by Gasteiger charge is -2.20. The molecular formula is C12H18N2. The zero-order valence-corrected chi connectivity index (χ0v) is 9.12. The highest BCUT2D eigenvalue weighted by Gasteiger charge is 2.40. The van der Waals surface area contributed by atoms with E-state index in [1.807, 2.05) is 18.5 Å². The predicted octanol–water partition coefficient (Wildman–Crippen LogP) is 2.33. The third-order valence-corrected chi connectivity index (χ3v) is 2.52. The largest absolute Gasteiger partial charge is 0.309 e. The quantitative estimate of drug-likeness (QED) is 0.774. The van der Waals surface area contributed by atoms with Crippen molar-refractivity contribution >= 4 is 0 Å². The number of rotatable bonds is 2. The lowest BCUT2D eigenvalue weighted by molar-refractivity contribution is 0.418. The van der Waals surface area contributed by atoms with Crippen LogP contribution in [0.1, 0.15) is 38.7 Å². The Bertz CT molecular complexity index is 300. The molecule has 14 heavy (non-hydrogen) atoms. The number of pyridine rings is 1. The summed E-state index contributed by atoms with van der Waals surface area (Å²) in [5, 5.41) is 3.61. The molecule has 0 aliphatic heterocycles. The zero-order chi connectivity index (χ0) is 10.2. The van der Waals surface area contributed by atoms with E-state index in [2.05, 4.69) is 37.1 Å². The molecule has 0 amide bonds. The van der Waals surface area contributed by atoms with Crippen LogP contribution in [0.25, 0.3) is 0 Å². The number of nitrogens with one attached hydrogen (secondary N) is 1. The van der Waals surface area contributed by atoms with Crippen molar-refractivity contribution in [2.24, 2.45) is 0 Å². The Labute approximate surface area is 85.7 Å². The Morgan fingerprint density at radius 2 is 2.21 bits per heavy atom. The van der Waals surface area contributed by atoms with Gasteiger partial charge in [-0.2, -0.15) is 0 Å². The van der Waals surface area contributed by atoms with Crippen LogP contribution >= 0.6 is 0 Å². The van der Waals surface area contributed by atoms with Crippen molar-refractivity contribution in [1.29, 1.82) is 0 Å². The summed E-state index contributed by atoms with van der Waals surface area (Å²) in [6, 6.07) is 4.84. The van der Waals surface area contributed by atoms with E-state index in [9.17, 15) is 0 Å². The Morgan fingerprint density at radius 3 is 2.79 bits per heavy atom. The molecule has 1 aliphatic rings. The third-order valence-electron chi connectivity index (χ3n) is 2.52. The summed E-state index contributed by atoms with van der Waals surface area (Å²) in [7, 11) is 0. The lowest BCUT2D eigenvalue weighted by atomic mass is 10.1. The number of hydrogen-bond donors (Lipinski definition) is 1. The number of hydrogen-bond acceptors (Lipinski definition) is 2. The molecule has 1 saturated carbocycles. The summed E-state index contributed by atoms with van der Waals surface area (Å²) < 4.78 is 0. The van der Waals surface area contributed by atoms with Gasteiger partial charge >= 0.3 is 0 Å². The van der Waals surface area contributed by atoms with E-state index in [1.165, 1.54) is 12.0 Å². The van der Waals surface area contributed by atoms with Gasteiger partial charge in [-0.1, -0.05) is 6.07 Å². The van der Waals surface area contributed by atoms with Crippen LogP contribution in [0, 0.1) is 0 Å². The summed E-state index contributed by atoms with van der Waals surface area (Å²) in [5.74, 6) is 0.683. The normalized spacial score (nSPS) is 26.2. The maximum Gasteiger partial charge on any atom is 0.0303 e. The van der Waals surface area contributed by atoms with Crippen molar-refractivity contribution < 1.29 is 0 Å². The first-order valence-corrected chi connectivity index (χ1v) is 5.24. The molecular weight excluding hydrogens is 172 g/mol. The van der Waals surface area contributed by atoms with Gasteiger partial charge < -0.3 is 5.32 Å². The molecule has 0 bridgehead atoms. The van der Waals surface area contributed by atoms with Crippen LogP contribution in [0.2, 0.25) is 0 Å². The van der Waals surface area contributed by atoms with Gasteiger partial charge in [0.15, 0.2) is 0 Å². The monoisotopic (exact) mass is 190 g/mol. The van der Waals surface area contributed by atoms with Crippen molar-refractivity contribution in [2.75, 3.05) is 0 Å². The minimum Gasteiger partial charge on any atom is -0.309 e. The average Bonchev–Trinajstić information content (AvgIpc) is 2.82. The van der Waals surface area contributed by atoms with E-state index >= 15 is 0 Å². The van der Waals surface area contributed by atoms with E-state index in [-0.39, 0.29) is 5.54 Å². The molecule has 0 radical (unpaired) electrons. The predicted molar refractivity (Wildman–Crippen MR) is 58.3 cm³/mol. The number of aromatic nitrogens is 1. The van der Waals surface area contributed by atoms with Crippen LogP contribution in [0.3, 0.4) is 0 Å². The molecule has 1 aliphatic carbocycles. The highest BCUT2D eigenvalue weighted by atomic mass is 15.0. The van der Waals surface area contributed by atoms with Gasteiger partial charge in [0.1, 0.15) is 0 Å². The molecule has 1 heterocycles. The fraction of sp³-hybridized carbons (Fsp3) is 0.583. The molecule has 2 heteroatoms. The van der Waals surface area contributed by atoms with Gasteiger partial charge in [0.2, 0.25) is 0 Å². The summed E-state index contributed by atoms with van der Waals surface area (Å²) in [4.78, 5) is 4.15. The van der Waals surface area contributed by atoms with Crippen molar-refractivity contribution in [3.05, 3.63) is 30.1 Å². The van der Waals surface area contributed by atoms with E-state index in [4.69, 9.17) is 0 Å². The molecule has 2 atom stereocenters. The van der Waals surface area contributed by atoms with Gasteiger partial charge in [0.05, 0.1) is 0 Å². The first kappa shape index (κ1) is 9.66. The maximum atomic E-state index is 4.15. The van der Waals surface area contributed by atoms with E-state index in [0.717, 1.165) is 0 Å². The van der Waals surface area contributed by atoms with Gasteiger partial charge in [-0.3, -0.25) is 4.98 Å². The fourth-order valence-corrected chi connectivity index (χ4v) is 1.87. The van der Waals surface area contributed by atoms with Crippen molar-refractivity contribution in [1.82, 2.24) is 10.3 Å². The van der Waals surface area contributed by atoms with Gasteiger partial charge in [0, 0.05) is 29.9 Å². The van der Waals surface area contributed by atoms with Gasteiger partial charge in [0.25, 0.3) is 0 Å². The first-order valence-electron chi connectivity index (χ1n) is 5.24. The van der Waals surface area contributed by atoms with Crippen LogP contribution in [-0.2, 0) is 0 Å². The molecule has 2 unspecified atom stereocenters. The van der Waals surface area contributed by atoms with Crippen LogP contribution in [0.4, 0.5) is 0 Å². The third kappa shape index (κ3) is 2.32. The standard InChI is InChI=1S/C12H18N2/c1-12(2,3)14-11-7-10(11)9-5-4-6-13-8-9/h4-6,8,10-11,14H,7H2,1-3H3. The summed E-state index contributed by atoms with van der Waals surface area (Å²) in [6.07, 6.45) is 5.07. The summed E-state index contributed by atoms with van der Waals surface area (Å²) in [5.41, 5.74) is 1.59. The molecule has 0 aromatic carbocycles. The van der Waals surface area contributed by atoms with E-state index in [0.29, 0.717) is 12.0 Å². The highest BCUT2D eigenvalue weighted by Crippen LogP contribution is 2.41. The van der Waals surface area contributed by atoms with Crippen molar-refractivity contribution in [3.63, 3.8) is 0 Å². The van der Waals surface area contributed by atoms with Crippen molar-refractivity contribution in [3.8, 4) is 0 Å². The van der Waals surface area contributed by atoms with E-state index < -0.39 is 0 Å². The maximum absolute atomic E-state index is 4.15. The molecule has 1 aromatic heterocycles. The molecule has 76 valence electrons. The first-order chi connectivity index (χ1) is 6.56. The SMILES string of the molecule is CC(C)(C)NC1CC1c1cccnc1. The average molecular weight is 190 g/mol. The molecule has 2 rings (SSSR count). The Hall–Kier alpha value is -0.890. The summed E-state index contributed by atoms with van der Waals surface area (Å²) in [6.45, 7) is 6.64. The smallest absolute Gasteiger partial charge is 0.0303 e. The molecule has 0 spiro atoms. The lowest BCUT2D eigenvalue weighted by Crippen LogP contribution is -2.38. The highest BCUT2D eigenvalue weighted by molar-refractivity contribution is 5.25. The van der Waals surface area contributed by atoms with Gasteiger partial charge in [-0.05, 0) is 38.8 Å². The van der Waals surface area contributed by atoms with E-state index in [1.54, 1.807) is 0 Å². The second kappa shape index (κ2) is 3.35. The van der Waals surface area contributed by atoms with Crippen molar-refractivity contribution in [2.45, 2.75) is 44.7 Å². The summed E-state index contributed by atoms with van der Waals surface area (Å²) >= 11 is 0. The molecule has 1 aromatic rings. The Balaban J connectivity index is 1.94. The Kier molecular flexibility index (Phi) is 2.31. The minimum atomic E-state index is 0.224. The number of nitrogens with zero attached hydrogens (tertiary/aromatic N) is 1. The second-order valence-electron chi connectivity index (χ2n) is 5.13. The fourth-order valence-electron chi connectivity index (χ4n) is 1.87. The van der Waals surface area contributed by atoms with Gasteiger partial charge in [-0.25, -0.2) is 0 Å². The van der Waals surface area contributed by atoms with Crippen LogP contribution in [0.5, 0.6) is 0 Å². The topological polar surface area (TPSA) is 24.9 Å². The minimum absolute atomic E-state index is 0.224. The van der Waals surface area contributed by atoms with Crippen LogP contribution in [0.15, 0.2) is 24.5 Å². The van der Waals surface area contributed by atoms with Crippen LogP contribution < -0.4 is 5.32 Å². The Morgan fingerprint density at radius 1 is 1.43 bits per heavy atom. The molecule has 2 nitrogen and oxygen atoms in total.